The minimum absolute atomic E-state index is 0.0187. The second-order valence-electron chi connectivity index (χ2n) is 6.88. The van der Waals surface area contributed by atoms with Gasteiger partial charge in [-0.25, -0.2) is 4.68 Å². The van der Waals surface area contributed by atoms with Gasteiger partial charge in [0.25, 0.3) is 11.8 Å². The molecular weight excluding hydrogens is 336 g/mol. The van der Waals surface area contributed by atoms with Crippen molar-refractivity contribution < 1.29 is 13.7 Å². The second kappa shape index (κ2) is 6.08. The van der Waals surface area contributed by atoms with Crippen molar-refractivity contribution in [3.63, 3.8) is 0 Å². The lowest BCUT2D eigenvalue weighted by Gasteiger charge is -2.32. The minimum atomic E-state index is -0.0187. The summed E-state index contributed by atoms with van der Waals surface area (Å²) in [5, 5.41) is 12.4. The predicted octanol–water partition coefficient (Wildman–Crippen LogP) is 2.28. The summed E-state index contributed by atoms with van der Waals surface area (Å²) in [6, 6.07) is 1.76. The van der Waals surface area contributed by atoms with Crippen LogP contribution >= 0.6 is 0 Å². The normalized spacial score (nSPS) is 20.5. The van der Waals surface area contributed by atoms with E-state index in [0.717, 1.165) is 38.1 Å². The molecule has 9 heteroatoms. The third-order valence-corrected chi connectivity index (χ3v) is 4.94. The first-order valence-corrected chi connectivity index (χ1v) is 8.85. The Balaban J connectivity index is 1.31. The van der Waals surface area contributed by atoms with Crippen LogP contribution in [0.2, 0.25) is 0 Å². The fourth-order valence-corrected chi connectivity index (χ4v) is 3.32. The van der Waals surface area contributed by atoms with Gasteiger partial charge >= 0.3 is 0 Å². The molecule has 26 heavy (non-hydrogen) atoms. The fraction of sp³-hybridized carbons (Fsp3) is 0.471. The van der Waals surface area contributed by atoms with Crippen LogP contribution in [0.5, 0.6) is 0 Å². The number of furan rings is 1. The average molecular weight is 354 g/mol. The van der Waals surface area contributed by atoms with E-state index in [1.807, 2.05) is 11.1 Å². The first kappa shape index (κ1) is 15.3. The molecule has 0 bridgehead atoms. The van der Waals surface area contributed by atoms with E-state index in [1.54, 1.807) is 10.7 Å². The van der Waals surface area contributed by atoms with Gasteiger partial charge in [0.15, 0.2) is 11.5 Å². The van der Waals surface area contributed by atoms with Crippen molar-refractivity contribution in [2.24, 2.45) is 0 Å². The summed E-state index contributed by atoms with van der Waals surface area (Å²) in [7, 11) is 0. The molecular formula is C17H18N6O3. The molecule has 134 valence electrons. The molecule has 4 heterocycles. The number of likely N-dealkylation sites (tertiary alicyclic amines) is 1. The lowest BCUT2D eigenvalue weighted by Crippen LogP contribution is -2.40. The van der Waals surface area contributed by atoms with Crippen LogP contribution in [0.25, 0.3) is 11.6 Å². The summed E-state index contributed by atoms with van der Waals surface area (Å²) in [6.07, 6.45) is 8.90. The van der Waals surface area contributed by atoms with Crippen LogP contribution in [0.15, 0.2) is 33.7 Å². The van der Waals surface area contributed by atoms with Gasteiger partial charge in [-0.2, -0.15) is 4.98 Å². The van der Waals surface area contributed by atoms with Crippen LogP contribution in [0.3, 0.4) is 0 Å². The van der Waals surface area contributed by atoms with Crippen LogP contribution in [0.1, 0.15) is 53.8 Å². The third kappa shape index (κ3) is 2.79. The van der Waals surface area contributed by atoms with E-state index in [0.29, 0.717) is 29.6 Å². The number of carbonyl (C=O) groups is 1. The Bertz CT molecular complexity index is 911. The maximum absolute atomic E-state index is 12.5. The van der Waals surface area contributed by atoms with E-state index >= 15 is 0 Å². The molecule has 2 aliphatic rings. The smallest absolute Gasteiger partial charge is 0.280 e. The Labute approximate surface area is 149 Å². The lowest BCUT2D eigenvalue weighted by molar-refractivity contribution is 0.0671. The number of nitrogens with zero attached hydrogens (tertiary/aromatic N) is 6. The quantitative estimate of drug-likeness (QED) is 0.708. The van der Waals surface area contributed by atoms with Crippen molar-refractivity contribution in [1.29, 1.82) is 0 Å². The standard InChI is InChI=1S/C17H18N6O3/c24-17(12-5-7-25-10-12)22-6-1-2-13(8-22)23-9-14(19-21-23)16-18-15(20-26-16)11-3-4-11/h5,7,9-11,13H,1-4,6,8H2. The van der Waals surface area contributed by atoms with Crippen LogP contribution in [-0.2, 0) is 0 Å². The number of hydrogen-bond donors (Lipinski definition) is 0. The van der Waals surface area contributed by atoms with Crippen LogP contribution in [0, 0.1) is 0 Å². The number of piperidine rings is 1. The summed E-state index contributed by atoms with van der Waals surface area (Å²) in [5.41, 5.74) is 1.14. The van der Waals surface area contributed by atoms with Crippen molar-refractivity contribution in [3.8, 4) is 11.6 Å². The van der Waals surface area contributed by atoms with E-state index in [-0.39, 0.29) is 11.9 Å². The topological polar surface area (TPSA) is 103 Å². The molecule has 3 aromatic heterocycles. The monoisotopic (exact) mass is 354 g/mol. The molecule has 9 nitrogen and oxygen atoms in total. The molecule has 1 saturated carbocycles. The highest BCUT2D eigenvalue weighted by molar-refractivity contribution is 5.93. The fourth-order valence-electron chi connectivity index (χ4n) is 3.32. The van der Waals surface area contributed by atoms with Gasteiger partial charge in [0.1, 0.15) is 6.26 Å². The molecule has 5 rings (SSSR count). The molecule has 1 amide bonds. The van der Waals surface area contributed by atoms with Crippen LogP contribution in [-0.4, -0.2) is 49.0 Å². The van der Waals surface area contributed by atoms with Crippen molar-refractivity contribution in [2.45, 2.75) is 37.6 Å². The number of amides is 1. The van der Waals surface area contributed by atoms with Gasteiger partial charge in [0.2, 0.25) is 0 Å². The van der Waals surface area contributed by atoms with E-state index in [4.69, 9.17) is 8.94 Å². The highest BCUT2D eigenvalue weighted by Crippen LogP contribution is 2.38. The van der Waals surface area contributed by atoms with E-state index in [1.165, 1.54) is 12.5 Å². The zero-order valence-corrected chi connectivity index (χ0v) is 14.1. The molecule has 1 saturated heterocycles. The van der Waals surface area contributed by atoms with Gasteiger partial charge in [-0.05, 0) is 31.7 Å². The molecule has 0 radical (unpaired) electrons. The highest BCUT2D eigenvalue weighted by Gasteiger charge is 2.30. The minimum Gasteiger partial charge on any atom is -0.472 e. The van der Waals surface area contributed by atoms with Gasteiger partial charge in [-0.3, -0.25) is 4.79 Å². The van der Waals surface area contributed by atoms with Crippen molar-refractivity contribution in [3.05, 3.63) is 36.2 Å². The van der Waals surface area contributed by atoms with Crippen LogP contribution in [0.4, 0.5) is 0 Å². The summed E-state index contributed by atoms with van der Waals surface area (Å²) in [4.78, 5) is 18.8. The maximum atomic E-state index is 12.5. The summed E-state index contributed by atoms with van der Waals surface area (Å²) in [5.74, 6) is 1.57. The van der Waals surface area contributed by atoms with E-state index in [2.05, 4.69) is 20.5 Å². The summed E-state index contributed by atoms with van der Waals surface area (Å²) >= 11 is 0. The van der Waals surface area contributed by atoms with Crippen LogP contribution < -0.4 is 0 Å². The molecule has 3 aromatic rings. The SMILES string of the molecule is O=C(c1ccoc1)N1CCCC(n2cc(-c3nc(C4CC4)no3)nn2)C1. The van der Waals surface area contributed by atoms with Crippen molar-refractivity contribution in [1.82, 2.24) is 30.0 Å². The Kier molecular flexibility index (Phi) is 3.58. The summed E-state index contributed by atoms with van der Waals surface area (Å²) < 4.78 is 12.1. The van der Waals surface area contributed by atoms with Gasteiger partial charge in [0.05, 0.1) is 24.1 Å². The molecule has 1 atom stereocenters. The average Bonchev–Trinajstić information content (AvgIpc) is 3.14. The molecule has 0 spiro atoms. The second-order valence-corrected chi connectivity index (χ2v) is 6.88. The molecule has 1 aliphatic carbocycles. The first-order valence-electron chi connectivity index (χ1n) is 8.85. The Hall–Kier alpha value is -2.97. The zero-order valence-electron chi connectivity index (χ0n) is 14.1. The van der Waals surface area contributed by atoms with E-state index < -0.39 is 0 Å². The lowest BCUT2D eigenvalue weighted by atomic mass is 10.1. The molecule has 1 aliphatic heterocycles. The first-order chi connectivity index (χ1) is 12.8. The third-order valence-electron chi connectivity index (χ3n) is 4.94. The summed E-state index contributed by atoms with van der Waals surface area (Å²) in [6.45, 7) is 1.32. The number of rotatable bonds is 4. The van der Waals surface area contributed by atoms with Gasteiger partial charge in [-0.1, -0.05) is 10.4 Å². The molecule has 2 fully saturated rings. The van der Waals surface area contributed by atoms with Crippen molar-refractivity contribution in [2.75, 3.05) is 13.1 Å². The Morgan fingerprint density at radius 2 is 2.19 bits per heavy atom. The Morgan fingerprint density at radius 1 is 1.27 bits per heavy atom. The highest BCUT2D eigenvalue weighted by atomic mass is 16.5. The van der Waals surface area contributed by atoms with E-state index in [9.17, 15) is 4.79 Å². The number of carbonyl (C=O) groups excluding carboxylic acids is 1. The number of hydrogen-bond acceptors (Lipinski definition) is 7. The van der Waals surface area contributed by atoms with Crippen molar-refractivity contribution >= 4 is 5.91 Å². The van der Waals surface area contributed by atoms with Gasteiger partial charge in [-0.15, -0.1) is 5.10 Å². The van der Waals surface area contributed by atoms with Gasteiger partial charge < -0.3 is 13.8 Å². The molecule has 1 unspecified atom stereocenters. The molecule has 0 N–H and O–H groups in total. The predicted molar refractivity (Wildman–Crippen MR) is 88.2 cm³/mol. The maximum Gasteiger partial charge on any atom is 0.280 e. The zero-order chi connectivity index (χ0) is 17.5. The number of aromatic nitrogens is 5. The largest absolute Gasteiger partial charge is 0.472 e. The van der Waals surface area contributed by atoms with Gasteiger partial charge in [0, 0.05) is 19.0 Å². The Morgan fingerprint density at radius 3 is 3.00 bits per heavy atom. The molecule has 0 aromatic carbocycles.